The SMILES string of the molecule is CC(N)C(C)C(=O)NCc1cccc(NC(=O)C2CCCC2)c1.Cl. The number of halogens is 1. The van der Waals surface area contributed by atoms with Crippen molar-refractivity contribution in [3.8, 4) is 0 Å². The zero-order valence-electron chi connectivity index (χ0n) is 14.4. The fraction of sp³-hybridized carbons (Fsp3) is 0.556. The van der Waals surface area contributed by atoms with Crippen molar-refractivity contribution in [2.24, 2.45) is 17.6 Å². The first-order chi connectivity index (χ1) is 11.0. The van der Waals surface area contributed by atoms with Crippen molar-refractivity contribution in [3.05, 3.63) is 29.8 Å². The van der Waals surface area contributed by atoms with Gasteiger partial charge in [0, 0.05) is 30.1 Å². The number of carbonyl (C=O) groups excluding carboxylic acids is 2. The third-order valence-corrected chi connectivity index (χ3v) is 4.59. The van der Waals surface area contributed by atoms with E-state index in [0.29, 0.717) is 6.54 Å². The van der Waals surface area contributed by atoms with Gasteiger partial charge in [-0.1, -0.05) is 31.9 Å². The lowest BCUT2D eigenvalue weighted by molar-refractivity contribution is -0.125. The van der Waals surface area contributed by atoms with Gasteiger partial charge in [0.15, 0.2) is 0 Å². The van der Waals surface area contributed by atoms with Gasteiger partial charge in [0.2, 0.25) is 11.8 Å². The van der Waals surface area contributed by atoms with Crippen LogP contribution in [0.3, 0.4) is 0 Å². The lowest BCUT2D eigenvalue weighted by Crippen LogP contribution is -2.38. The van der Waals surface area contributed by atoms with E-state index in [2.05, 4.69) is 10.6 Å². The van der Waals surface area contributed by atoms with Crippen LogP contribution in [0.5, 0.6) is 0 Å². The molecule has 2 atom stereocenters. The van der Waals surface area contributed by atoms with Crippen LogP contribution in [0, 0.1) is 11.8 Å². The molecule has 0 bridgehead atoms. The molecule has 1 aromatic rings. The molecule has 5 nitrogen and oxygen atoms in total. The molecule has 1 aliphatic rings. The molecule has 2 amide bonds. The monoisotopic (exact) mass is 353 g/mol. The Hall–Kier alpha value is -1.59. The van der Waals surface area contributed by atoms with Crippen LogP contribution in [-0.2, 0) is 16.1 Å². The predicted octanol–water partition coefficient (Wildman–Crippen LogP) is 2.84. The number of benzene rings is 1. The Balaban J connectivity index is 0.00000288. The first-order valence-corrected chi connectivity index (χ1v) is 8.40. The fourth-order valence-electron chi connectivity index (χ4n) is 2.78. The minimum Gasteiger partial charge on any atom is -0.352 e. The van der Waals surface area contributed by atoms with Crippen molar-refractivity contribution >= 4 is 29.9 Å². The van der Waals surface area contributed by atoms with E-state index in [1.54, 1.807) is 0 Å². The molecular formula is C18H28ClN3O2. The molecule has 1 fully saturated rings. The summed E-state index contributed by atoms with van der Waals surface area (Å²) in [6.45, 7) is 4.07. The number of rotatable bonds is 6. The number of carbonyl (C=O) groups is 2. The molecule has 4 N–H and O–H groups in total. The van der Waals surface area contributed by atoms with Crippen LogP contribution >= 0.6 is 12.4 Å². The highest BCUT2D eigenvalue weighted by Gasteiger charge is 2.22. The van der Waals surface area contributed by atoms with Gasteiger partial charge in [-0.25, -0.2) is 0 Å². The van der Waals surface area contributed by atoms with Gasteiger partial charge in [-0.15, -0.1) is 12.4 Å². The standard InChI is InChI=1S/C18H27N3O2.ClH/c1-12(13(2)19)17(22)20-11-14-6-5-9-16(10-14)21-18(23)15-7-3-4-8-15;/h5-6,9-10,12-13,15H,3-4,7-8,11,19H2,1-2H3,(H,20,22)(H,21,23);1H. The van der Waals surface area contributed by atoms with Crippen molar-refractivity contribution < 1.29 is 9.59 Å². The van der Waals surface area contributed by atoms with E-state index in [4.69, 9.17) is 5.73 Å². The highest BCUT2D eigenvalue weighted by Crippen LogP contribution is 2.26. The summed E-state index contributed by atoms with van der Waals surface area (Å²) in [4.78, 5) is 24.1. The third kappa shape index (κ3) is 5.80. The number of nitrogens with one attached hydrogen (secondary N) is 2. The van der Waals surface area contributed by atoms with E-state index in [1.165, 1.54) is 0 Å². The van der Waals surface area contributed by atoms with Gasteiger partial charge in [0.1, 0.15) is 0 Å². The Morgan fingerprint density at radius 1 is 1.25 bits per heavy atom. The van der Waals surface area contributed by atoms with Gasteiger partial charge in [-0.3, -0.25) is 9.59 Å². The first-order valence-electron chi connectivity index (χ1n) is 8.40. The number of hydrogen-bond donors (Lipinski definition) is 3. The maximum atomic E-state index is 12.2. The number of nitrogens with two attached hydrogens (primary N) is 1. The lowest BCUT2D eigenvalue weighted by Gasteiger charge is -2.16. The topological polar surface area (TPSA) is 84.2 Å². The van der Waals surface area contributed by atoms with Gasteiger partial charge in [0.25, 0.3) is 0 Å². The Morgan fingerprint density at radius 3 is 2.54 bits per heavy atom. The summed E-state index contributed by atoms with van der Waals surface area (Å²) in [7, 11) is 0. The summed E-state index contributed by atoms with van der Waals surface area (Å²) in [5.74, 6) is -0.0276. The largest absolute Gasteiger partial charge is 0.352 e. The van der Waals surface area contributed by atoms with Gasteiger partial charge in [-0.05, 0) is 37.5 Å². The second-order valence-corrected chi connectivity index (χ2v) is 6.54. The van der Waals surface area contributed by atoms with E-state index in [-0.39, 0.29) is 42.1 Å². The number of hydrogen-bond acceptors (Lipinski definition) is 3. The third-order valence-electron chi connectivity index (χ3n) is 4.59. The highest BCUT2D eigenvalue weighted by atomic mass is 35.5. The molecule has 0 aliphatic heterocycles. The maximum absolute atomic E-state index is 12.2. The van der Waals surface area contributed by atoms with Gasteiger partial charge < -0.3 is 16.4 Å². The van der Waals surface area contributed by atoms with Crippen molar-refractivity contribution in [3.63, 3.8) is 0 Å². The molecular weight excluding hydrogens is 326 g/mol. The molecule has 0 heterocycles. The minimum atomic E-state index is -0.222. The second-order valence-electron chi connectivity index (χ2n) is 6.54. The molecule has 1 aliphatic carbocycles. The van der Waals surface area contributed by atoms with Gasteiger partial charge >= 0.3 is 0 Å². The normalized spacial score (nSPS) is 16.8. The average Bonchev–Trinajstić information content (AvgIpc) is 3.06. The van der Waals surface area contributed by atoms with Gasteiger partial charge in [0.05, 0.1) is 0 Å². The smallest absolute Gasteiger partial charge is 0.227 e. The van der Waals surface area contributed by atoms with Crippen LogP contribution in [0.4, 0.5) is 5.69 Å². The van der Waals surface area contributed by atoms with E-state index >= 15 is 0 Å². The molecule has 134 valence electrons. The van der Waals surface area contributed by atoms with Crippen molar-refractivity contribution in [2.45, 2.75) is 52.1 Å². The number of anilines is 1. The Bertz CT molecular complexity index is 557. The highest BCUT2D eigenvalue weighted by molar-refractivity contribution is 5.92. The van der Waals surface area contributed by atoms with Crippen LogP contribution in [0.25, 0.3) is 0 Å². The Labute approximate surface area is 150 Å². The Kier molecular flexibility index (Phi) is 8.22. The Morgan fingerprint density at radius 2 is 1.92 bits per heavy atom. The van der Waals surface area contributed by atoms with Crippen LogP contribution in [-0.4, -0.2) is 17.9 Å². The average molecular weight is 354 g/mol. The zero-order chi connectivity index (χ0) is 16.8. The van der Waals surface area contributed by atoms with E-state index in [9.17, 15) is 9.59 Å². The minimum absolute atomic E-state index is 0. The summed E-state index contributed by atoms with van der Waals surface area (Å²) in [5, 5.41) is 5.87. The van der Waals surface area contributed by atoms with Crippen molar-refractivity contribution in [1.82, 2.24) is 5.32 Å². The van der Waals surface area contributed by atoms with Crippen LogP contribution in [0.15, 0.2) is 24.3 Å². The lowest BCUT2D eigenvalue weighted by atomic mass is 10.0. The zero-order valence-corrected chi connectivity index (χ0v) is 15.2. The fourth-order valence-corrected chi connectivity index (χ4v) is 2.78. The quantitative estimate of drug-likeness (QED) is 0.735. The second kappa shape index (κ2) is 9.64. The maximum Gasteiger partial charge on any atom is 0.227 e. The van der Waals surface area contributed by atoms with Crippen LogP contribution in [0.1, 0.15) is 45.1 Å². The molecule has 2 unspecified atom stereocenters. The van der Waals surface area contributed by atoms with E-state index in [1.807, 2.05) is 38.1 Å². The molecule has 2 rings (SSSR count). The summed E-state index contributed by atoms with van der Waals surface area (Å²) >= 11 is 0. The summed E-state index contributed by atoms with van der Waals surface area (Å²) in [6, 6.07) is 7.43. The molecule has 6 heteroatoms. The molecule has 0 spiro atoms. The molecule has 0 aromatic heterocycles. The predicted molar refractivity (Wildman–Crippen MR) is 98.9 cm³/mol. The van der Waals surface area contributed by atoms with Crippen molar-refractivity contribution in [1.29, 1.82) is 0 Å². The van der Waals surface area contributed by atoms with E-state index < -0.39 is 0 Å². The molecule has 24 heavy (non-hydrogen) atoms. The molecule has 0 saturated heterocycles. The van der Waals surface area contributed by atoms with Crippen molar-refractivity contribution in [2.75, 3.05) is 5.32 Å². The van der Waals surface area contributed by atoms with Crippen LogP contribution in [0.2, 0.25) is 0 Å². The summed E-state index contributed by atoms with van der Waals surface area (Å²) in [6.07, 6.45) is 4.25. The van der Waals surface area contributed by atoms with E-state index in [0.717, 1.165) is 36.9 Å². The molecule has 0 radical (unpaired) electrons. The van der Waals surface area contributed by atoms with Crippen LogP contribution < -0.4 is 16.4 Å². The number of amides is 2. The molecule has 1 saturated carbocycles. The summed E-state index contributed by atoms with van der Waals surface area (Å²) in [5.41, 5.74) is 7.48. The first kappa shape index (κ1) is 20.5. The van der Waals surface area contributed by atoms with Gasteiger partial charge in [-0.2, -0.15) is 0 Å². The molecule has 1 aromatic carbocycles. The summed E-state index contributed by atoms with van der Waals surface area (Å²) < 4.78 is 0.